The first-order chi connectivity index (χ1) is 13.8. The fraction of sp³-hybridized carbons (Fsp3) is 0.0952. The summed E-state index contributed by atoms with van der Waals surface area (Å²) in [6.45, 7) is 0. The van der Waals surface area contributed by atoms with Crippen molar-refractivity contribution in [3.05, 3.63) is 95.6 Å². The van der Waals surface area contributed by atoms with E-state index >= 15 is 0 Å². The predicted molar refractivity (Wildman–Crippen MR) is 107 cm³/mol. The summed E-state index contributed by atoms with van der Waals surface area (Å²) >= 11 is 0. The number of sulfonamides is 1. The highest BCUT2D eigenvalue weighted by Crippen LogP contribution is 2.37. The lowest BCUT2D eigenvalue weighted by atomic mass is 9.98. The Morgan fingerprint density at radius 2 is 1.59 bits per heavy atom. The fourth-order valence-electron chi connectivity index (χ4n) is 3.34. The fourth-order valence-corrected chi connectivity index (χ4v) is 3.86. The van der Waals surface area contributed by atoms with Crippen LogP contribution < -0.4 is 10.1 Å². The van der Waals surface area contributed by atoms with Gasteiger partial charge in [0.25, 0.3) is 0 Å². The lowest BCUT2D eigenvalue weighted by Gasteiger charge is -2.24. The highest BCUT2D eigenvalue weighted by Gasteiger charge is 2.31. The van der Waals surface area contributed by atoms with Crippen molar-refractivity contribution in [3.8, 4) is 0 Å². The molecular weight excluding hydrogens is 396 g/mol. The Hall–Kier alpha value is -3.10. The molecule has 0 bridgehead atoms. The van der Waals surface area contributed by atoms with Crippen LogP contribution in [0.15, 0.2) is 82.8 Å². The van der Waals surface area contributed by atoms with Gasteiger partial charge in [-0.05, 0) is 48.0 Å². The van der Waals surface area contributed by atoms with Crippen molar-refractivity contribution in [3.63, 3.8) is 0 Å². The molecule has 0 saturated heterocycles. The van der Waals surface area contributed by atoms with Crippen LogP contribution in [0.1, 0.15) is 23.6 Å². The molecule has 1 aliphatic rings. The normalized spacial score (nSPS) is 16.7. The van der Waals surface area contributed by atoms with Crippen molar-refractivity contribution in [1.29, 1.82) is 0 Å². The van der Waals surface area contributed by atoms with Gasteiger partial charge in [0.15, 0.2) is 0 Å². The van der Waals surface area contributed by atoms with Crippen LogP contribution in [0, 0.1) is 11.6 Å². The van der Waals surface area contributed by atoms with E-state index < -0.39 is 16.1 Å². The number of hydrazone groups is 1. The molecule has 0 amide bonds. The van der Waals surface area contributed by atoms with Crippen LogP contribution in [-0.4, -0.2) is 14.1 Å². The van der Waals surface area contributed by atoms with E-state index in [1.165, 1.54) is 30.3 Å². The number of nitrogens with zero attached hydrogens (tertiary/aromatic N) is 2. The largest absolute Gasteiger partial charge is 0.257 e. The van der Waals surface area contributed by atoms with Crippen LogP contribution >= 0.6 is 0 Å². The minimum atomic E-state index is -3.82. The third kappa shape index (κ3) is 3.90. The molecular formula is C21H17F2N3O2S. The van der Waals surface area contributed by atoms with Gasteiger partial charge in [-0.25, -0.2) is 22.3 Å². The van der Waals surface area contributed by atoms with Crippen LogP contribution in [0.4, 0.5) is 14.5 Å². The SMILES string of the molecule is NS(=O)(=O)c1ccc(N2N=C(c3ccc(F)cc3)CC2c2ccccc2F)cc1. The molecule has 29 heavy (non-hydrogen) atoms. The van der Waals surface area contributed by atoms with Gasteiger partial charge in [0.1, 0.15) is 11.6 Å². The van der Waals surface area contributed by atoms with Gasteiger partial charge >= 0.3 is 0 Å². The Balaban J connectivity index is 1.77. The van der Waals surface area contributed by atoms with Crippen molar-refractivity contribution >= 4 is 21.4 Å². The van der Waals surface area contributed by atoms with Crippen LogP contribution in [0.25, 0.3) is 0 Å². The van der Waals surface area contributed by atoms with Gasteiger partial charge in [-0.1, -0.05) is 30.3 Å². The highest BCUT2D eigenvalue weighted by atomic mass is 32.2. The molecule has 1 atom stereocenters. The van der Waals surface area contributed by atoms with Gasteiger partial charge in [-0.2, -0.15) is 5.10 Å². The Bertz CT molecular complexity index is 1180. The lowest BCUT2D eigenvalue weighted by molar-refractivity contribution is 0.579. The first-order valence-electron chi connectivity index (χ1n) is 8.83. The van der Waals surface area contributed by atoms with Gasteiger partial charge in [-0.3, -0.25) is 5.01 Å². The average molecular weight is 413 g/mol. The summed E-state index contributed by atoms with van der Waals surface area (Å²) < 4.78 is 50.8. The minimum Gasteiger partial charge on any atom is -0.257 e. The van der Waals surface area contributed by atoms with Crippen molar-refractivity contribution in [1.82, 2.24) is 0 Å². The van der Waals surface area contributed by atoms with E-state index in [9.17, 15) is 17.2 Å². The number of halogens is 2. The quantitative estimate of drug-likeness (QED) is 0.703. The monoisotopic (exact) mass is 413 g/mol. The zero-order valence-electron chi connectivity index (χ0n) is 15.2. The Labute approximate surface area is 167 Å². The van der Waals surface area contributed by atoms with Crippen molar-refractivity contribution < 1.29 is 17.2 Å². The molecule has 1 unspecified atom stereocenters. The molecule has 0 spiro atoms. The number of hydrogen-bond donors (Lipinski definition) is 1. The summed E-state index contributed by atoms with van der Waals surface area (Å²) in [4.78, 5) is -0.0226. The molecule has 8 heteroatoms. The molecule has 5 nitrogen and oxygen atoms in total. The molecule has 1 aliphatic heterocycles. The number of benzene rings is 3. The van der Waals surface area contributed by atoms with E-state index in [0.717, 1.165) is 5.56 Å². The van der Waals surface area contributed by atoms with Gasteiger partial charge in [-0.15, -0.1) is 0 Å². The Morgan fingerprint density at radius 1 is 0.931 bits per heavy atom. The average Bonchev–Trinajstić information content (AvgIpc) is 3.13. The summed E-state index contributed by atoms with van der Waals surface area (Å²) in [6, 6.07) is 17.9. The number of anilines is 1. The molecule has 0 saturated carbocycles. The lowest BCUT2D eigenvalue weighted by Crippen LogP contribution is -2.20. The van der Waals surface area contributed by atoms with Crippen molar-refractivity contribution in [2.24, 2.45) is 10.2 Å². The van der Waals surface area contributed by atoms with Crippen LogP contribution in [0.5, 0.6) is 0 Å². The molecule has 3 aromatic rings. The second-order valence-corrected chi connectivity index (χ2v) is 8.24. The summed E-state index contributed by atoms with van der Waals surface area (Å²) in [5.41, 5.74) is 2.46. The second-order valence-electron chi connectivity index (χ2n) is 6.68. The molecule has 0 aromatic heterocycles. The topological polar surface area (TPSA) is 75.8 Å². The van der Waals surface area contributed by atoms with Gasteiger partial charge in [0.05, 0.1) is 22.3 Å². The molecule has 4 rings (SSSR count). The Morgan fingerprint density at radius 3 is 2.21 bits per heavy atom. The number of nitrogens with two attached hydrogens (primary N) is 1. The second kappa shape index (κ2) is 7.38. The maximum atomic E-state index is 14.5. The van der Waals surface area contributed by atoms with Crippen LogP contribution in [-0.2, 0) is 10.0 Å². The van der Waals surface area contributed by atoms with E-state index in [1.807, 2.05) is 0 Å². The zero-order valence-corrected chi connectivity index (χ0v) is 16.0. The third-order valence-electron chi connectivity index (χ3n) is 4.78. The molecule has 3 aromatic carbocycles. The summed E-state index contributed by atoms with van der Waals surface area (Å²) in [7, 11) is -3.82. The molecule has 0 aliphatic carbocycles. The maximum absolute atomic E-state index is 14.5. The first-order valence-corrected chi connectivity index (χ1v) is 10.4. The zero-order chi connectivity index (χ0) is 20.6. The molecule has 0 radical (unpaired) electrons. The number of rotatable bonds is 4. The van der Waals surface area contributed by atoms with Crippen LogP contribution in [0.3, 0.4) is 0 Å². The van der Waals surface area contributed by atoms with Gasteiger partial charge < -0.3 is 0 Å². The number of hydrogen-bond acceptors (Lipinski definition) is 4. The summed E-state index contributed by atoms with van der Waals surface area (Å²) in [5.74, 6) is -0.715. The van der Waals surface area contributed by atoms with Crippen molar-refractivity contribution in [2.45, 2.75) is 17.4 Å². The smallest absolute Gasteiger partial charge is 0.238 e. The first kappa shape index (κ1) is 19.2. The summed E-state index contributed by atoms with van der Waals surface area (Å²) in [6.07, 6.45) is 0.406. The molecule has 1 heterocycles. The maximum Gasteiger partial charge on any atom is 0.238 e. The van der Waals surface area contributed by atoms with E-state index in [4.69, 9.17) is 5.14 Å². The molecule has 148 valence electrons. The van der Waals surface area contributed by atoms with Crippen molar-refractivity contribution in [2.75, 3.05) is 5.01 Å². The standard InChI is InChI=1S/C21H17F2N3O2S/c22-15-7-5-14(6-8-15)20-13-21(18-3-1-2-4-19(18)23)26(25-20)16-9-11-17(12-10-16)29(24,27)28/h1-12,21H,13H2,(H2,24,27,28). The highest BCUT2D eigenvalue weighted by molar-refractivity contribution is 7.89. The Kier molecular flexibility index (Phi) is 4.89. The number of primary sulfonamides is 1. The third-order valence-corrected chi connectivity index (χ3v) is 5.71. The van der Waals surface area contributed by atoms with E-state index in [2.05, 4.69) is 5.10 Å². The van der Waals surface area contributed by atoms with Crippen LogP contribution in [0.2, 0.25) is 0 Å². The van der Waals surface area contributed by atoms with Gasteiger partial charge in [0, 0.05) is 12.0 Å². The van der Waals surface area contributed by atoms with E-state index in [0.29, 0.717) is 23.4 Å². The summed E-state index contributed by atoms with van der Waals surface area (Å²) in [5, 5.41) is 11.4. The molecule has 0 fully saturated rings. The minimum absolute atomic E-state index is 0.0226. The predicted octanol–water partition coefficient (Wildman–Crippen LogP) is 3.97. The van der Waals surface area contributed by atoms with E-state index in [1.54, 1.807) is 47.5 Å². The molecule has 2 N–H and O–H groups in total. The van der Waals surface area contributed by atoms with Gasteiger partial charge in [0.2, 0.25) is 10.0 Å². The van der Waals surface area contributed by atoms with E-state index in [-0.39, 0.29) is 16.5 Å².